The number of nitrogens with one attached hydrogen (secondary N) is 2. The molecule has 0 bridgehead atoms. The first-order valence-corrected chi connectivity index (χ1v) is 11.0. The Morgan fingerprint density at radius 2 is 1.62 bits per heavy atom. The zero-order valence-electron chi connectivity index (χ0n) is 19.8. The zero-order valence-corrected chi connectivity index (χ0v) is 19.8. The molecule has 1 heterocycles. The first kappa shape index (κ1) is 23.0. The summed E-state index contributed by atoms with van der Waals surface area (Å²) in [5.41, 5.74) is 2.70. The maximum Gasteiger partial charge on any atom is 0.229 e. The summed E-state index contributed by atoms with van der Waals surface area (Å²) >= 11 is 0. The summed E-state index contributed by atoms with van der Waals surface area (Å²) in [6.45, 7) is 1.04. The number of fused-ring (bicyclic) bond motifs is 1. The molecular formula is C26H29N5O3. The van der Waals surface area contributed by atoms with Gasteiger partial charge in [0.1, 0.15) is 18.2 Å². The van der Waals surface area contributed by atoms with Gasteiger partial charge in [-0.15, -0.1) is 0 Å². The number of ether oxygens (including phenoxy) is 3. The van der Waals surface area contributed by atoms with Crippen LogP contribution >= 0.6 is 0 Å². The van der Waals surface area contributed by atoms with Crippen LogP contribution in [0.4, 0.5) is 23.1 Å². The Bertz CT molecular complexity index is 1250. The van der Waals surface area contributed by atoms with Gasteiger partial charge in [0.2, 0.25) is 5.95 Å². The summed E-state index contributed by atoms with van der Waals surface area (Å²) in [6, 6.07) is 21.5. The molecule has 0 atom stereocenters. The predicted molar refractivity (Wildman–Crippen MR) is 137 cm³/mol. The minimum atomic E-state index is 0.474. The number of rotatable bonds is 10. The molecule has 0 aliphatic rings. The summed E-state index contributed by atoms with van der Waals surface area (Å²) in [5, 5.41) is 7.53. The van der Waals surface area contributed by atoms with E-state index in [4.69, 9.17) is 24.2 Å². The Kier molecular flexibility index (Phi) is 7.17. The number of anilines is 4. The molecule has 0 saturated heterocycles. The molecule has 0 spiro atoms. The summed E-state index contributed by atoms with van der Waals surface area (Å²) in [5.74, 6) is 3.19. The first-order chi connectivity index (χ1) is 16.6. The fourth-order valence-corrected chi connectivity index (χ4v) is 3.49. The van der Waals surface area contributed by atoms with E-state index in [1.165, 1.54) is 0 Å². The van der Waals surface area contributed by atoms with Crippen molar-refractivity contribution in [2.24, 2.45) is 0 Å². The van der Waals surface area contributed by atoms with E-state index in [-0.39, 0.29) is 0 Å². The van der Waals surface area contributed by atoms with Crippen LogP contribution in [0, 0.1) is 0 Å². The van der Waals surface area contributed by atoms with Crippen LogP contribution in [0.15, 0.2) is 66.7 Å². The van der Waals surface area contributed by atoms with Gasteiger partial charge >= 0.3 is 0 Å². The maximum absolute atomic E-state index is 5.81. The Balaban J connectivity index is 1.62. The molecule has 34 heavy (non-hydrogen) atoms. The van der Waals surface area contributed by atoms with Crippen molar-refractivity contribution in [3.8, 4) is 17.2 Å². The van der Waals surface area contributed by atoms with E-state index in [2.05, 4.69) is 10.6 Å². The van der Waals surface area contributed by atoms with Crippen molar-refractivity contribution in [1.29, 1.82) is 0 Å². The number of benzene rings is 3. The number of methoxy groups -OCH3 is 2. The highest BCUT2D eigenvalue weighted by molar-refractivity contribution is 5.93. The van der Waals surface area contributed by atoms with E-state index in [9.17, 15) is 0 Å². The quantitative estimate of drug-likeness (QED) is 0.323. The normalized spacial score (nSPS) is 10.6. The largest absolute Gasteiger partial charge is 0.493 e. The lowest BCUT2D eigenvalue weighted by atomic mass is 10.2. The SMILES string of the molecule is COc1cc2nc(Nc3cccc(N(C)C)c3)nc(NCCOc3ccccc3)c2cc1OC. The van der Waals surface area contributed by atoms with E-state index in [1.807, 2.05) is 85.7 Å². The van der Waals surface area contributed by atoms with Crippen molar-refractivity contribution in [1.82, 2.24) is 9.97 Å². The van der Waals surface area contributed by atoms with E-state index in [0.717, 1.165) is 28.0 Å². The van der Waals surface area contributed by atoms with E-state index in [1.54, 1.807) is 14.2 Å². The van der Waals surface area contributed by atoms with Crippen molar-refractivity contribution in [2.45, 2.75) is 0 Å². The van der Waals surface area contributed by atoms with Crippen molar-refractivity contribution in [3.05, 3.63) is 66.7 Å². The van der Waals surface area contributed by atoms with Crippen molar-refractivity contribution < 1.29 is 14.2 Å². The highest BCUT2D eigenvalue weighted by Crippen LogP contribution is 2.35. The van der Waals surface area contributed by atoms with Gasteiger partial charge in [-0.3, -0.25) is 0 Å². The molecule has 3 aromatic carbocycles. The van der Waals surface area contributed by atoms with Crippen LogP contribution in [0.1, 0.15) is 0 Å². The molecular weight excluding hydrogens is 430 g/mol. The molecule has 0 unspecified atom stereocenters. The molecule has 8 heteroatoms. The van der Waals surface area contributed by atoms with Crippen molar-refractivity contribution >= 4 is 34.0 Å². The second-order valence-electron chi connectivity index (χ2n) is 7.78. The number of nitrogens with zero attached hydrogens (tertiary/aromatic N) is 3. The minimum absolute atomic E-state index is 0.474. The highest BCUT2D eigenvalue weighted by atomic mass is 16.5. The molecule has 1 aromatic heterocycles. The number of para-hydroxylation sites is 1. The standard InChI is InChI=1S/C26H29N5O3/c1-31(2)19-10-8-9-18(15-19)28-26-29-22-17-24(33-4)23(32-3)16-21(22)25(30-26)27-13-14-34-20-11-6-5-7-12-20/h5-12,15-17H,13-14H2,1-4H3,(H2,27,28,29,30). The molecule has 4 aromatic rings. The zero-order chi connectivity index (χ0) is 23.9. The highest BCUT2D eigenvalue weighted by Gasteiger charge is 2.14. The minimum Gasteiger partial charge on any atom is -0.493 e. The van der Waals surface area contributed by atoms with Crippen LogP contribution in [0.5, 0.6) is 17.2 Å². The third-order valence-electron chi connectivity index (χ3n) is 5.23. The van der Waals surface area contributed by atoms with Crippen LogP contribution in [-0.2, 0) is 0 Å². The second-order valence-corrected chi connectivity index (χ2v) is 7.78. The van der Waals surface area contributed by atoms with E-state index < -0.39 is 0 Å². The van der Waals surface area contributed by atoms with Crippen molar-refractivity contribution in [2.75, 3.05) is 57.0 Å². The topological polar surface area (TPSA) is 80.8 Å². The molecule has 8 nitrogen and oxygen atoms in total. The molecule has 0 amide bonds. The summed E-state index contributed by atoms with van der Waals surface area (Å²) < 4.78 is 16.8. The third-order valence-corrected chi connectivity index (χ3v) is 5.23. The van der Waals surface area contributed by atoms with Gasteiger partial charge in [0.25, 0.3) is 0 Å². The van der Waals surface area contributed by atoms with Crippen molar-refractivity contribution in [3.63, 3.8) is 0 Å². The number of hydrogen-bond acceptors (Lipinski definition) is 8. The lowest BCUT2D eigenvalue weighted by molar-refractivity contribution is 0.333. The molecule has 0 fully saturated rings. The third kappa shape index (κ3) is 5.40. The molecule has 0 radical (unpaired) electrons. The fraction of sp³-hybridized carbons (Fsp3) is 0.231. The monoisotopic (exact) mass is 459 g/mol. The first-order valence-electron chi connectivity index (χ1n) is 11.0. The van der Waals surface area contributed by atoms with Gasteiger partial charge in [0.05, 0.1) is 26.3 Å². The number of hydrogen-bond donors (Lipinski definition) is 2. The van der Waals surface area contributed by atoms with Crippen LogP contribution < -0.4 is 29.7 Å². The van der Waals surface area contributed by atoms with Gasteiger partial charge in [-0.1, -0.05) is 24.3 Å². The molecule has 4 rings (SSSR count). The Morgan fingerprint density at radius 3 is 2.35 bits per heavy atom. The van der Waals surface area contributed by atoms with Crippen LogP contribution in [0.25, 0.3) is 10.9 Å². The average Bonchev–Trinajstić information content (AvgIpc) is 2.86. The van der Waals surface area contributed by atoms with Crippen LogP contribution in [0.2, 0.25) is 0 Å². The van der Waals surface area contributed by atoms with Gasteiger partial charge in [-0.2, -0.15) is 4.98 Å². The molecule has 2 N–H and O–H groups in total. The lowest BCUT2D eigenvalue weighted by Crippen LogP contribution is -2.13. The lowest BCUT2D eigenvalue weighted by Gasteiger charge is -2.16. The Hall–Kier alpha value is -4.20. The molecule has 0 aliphatic heterocycles. The molecule has 0 aliphatic carbocycles. The number of aromatic nitrogens is 2. The average molecular weight is 460 g/mol. The van der Waals surface area contributed by atoms with Gasteiger partial charge in [-0.25, -0.2) is 4.98 Å². The maximum atomic E-state index is 5.81. The van der Waals surface area contributed by atoms with E-state index >= 15 is 0 Å². The summed E-state index contributed by atoms with van der Waals surface area (Å²) in [4.78, 5) is 11.5. The second kappa shape index (κ2) is 10.6. The van der Waals surface area contributed by atoms with Gasteiger partial charge < -0.3 is 29.7 Å². The summed E-state index contributed by atoms with van der Waals surface area (Å²) in [6.07, 6.45) is 0. The van der Waals surface area contributed by atoms with Crippen LogP contribution in [-0.4, -0.2) is 51.4 Å². The molecule has 176 valence electrons. The molecule has 0 saturated carbocycles. The smallest absolute Gasteiger partial charge is 0.229 e. The summed E-state index contributed by atoms with van der Waals surface area (Å²) in [7, 11) is 7.23. The predicted octanol–water partition coefficient (Wildman–Crippen LogP) is 4.95. The van der Waals surface area contributed by atoms with E-state index in [0.29, 0.717) is 36.4 Å². The van der Waals surface area contributed by atoms with Gasteiger partial charge in [0.15, 0.2) is 11.5 Å². The van der Waals surface area contributed by atoms with Gasteiger partial charge in [0, 0.05) is 36.9 Å². The fourth-order valence-electron chi connectivity index (χ4n) is 3.49. The van der Waals surface area contributed by atoms with Crippen LogP contribution in [0.3, 0.4) is 0 Å². The Morgan fingerprint density at radius 1 is 0.853 bits per heavy atom. The van der Waals surface area contributed by atoms with Gasteiger partial charge in [-0.05, 0) is 36.4 Å². The Labute approximate surface area is 199 Å².